The highest BCUT2D eigenvalue weighted by Gasteiger charge is 2.30. The van der Waals surface area contributed by atoms with Crippen molar-refractivity contribution in [2.75, 3.05) is 39.7 Å². The van der Waals surface area contributed by atoms with E-state index < -0.39 is 21.9 Å². The molecule has 1 fully saturated rings. The molecule has 31 heavy (non-hydrogen) atoms. The SMILES string of the molecule is CCOC(=O)c1ccc2c(c1)sc(=NC(=O)C1CCCN(S(C)(=O)=O)C1)n2CCOC. The third-order valence-electron chi connectivity index (χ3n) is 5.12. The number of carbonyl (C=O) groups is 2. The monoisotopic (exact) mass is 469 g/mol. The molecule has 1 saturated heterocycles. The van der Waals surface area contributed by atoms with E-state index in [1.54, 1.807) is 26.2 Å². The normalized spacial score (nSPS) is 18.4. The fourth-order valence-corrected chi connectivity index (χ4v) is 5.54. The molecule has 11 heteroatoms. The second-order valence-electron chi connectivity index (χ2n) is 7.34. The van der Waals surface area contributed by atoms with Gasteiger partial charge in [0.05, 0.1) is 41.2 Å². The van der Waals surface area contributed by atoms with Gasteiger partial charge in [0.15, 0.2) is 4.80 Å². The standard InChI is InChI=1S/C20H27N3O6S2/c1-4-29-19(25)14-7-8-16-17(12-14)30-20(23(16)10-11-28-2)21-18(24)15-6-5-9-22(13-15)31(3,26)27/h7-8,12,15H,4-6,9-11,13H2,1-3H3. The van der Waals surface area contributed by atoms with Crippen molar-refractivity contribution in [3.05, 3.63) is 28.6 Å². The summed E-state index contributed by atoms with van der Waals surface area (Å²) < 4.78 is 38.0. The van der Waals surface area contributed by atoms with Gasteiger partial charge in [0.1, 0.15) is 0 Å². The molecule has 1 unspecified atom stereocenters. The van der Waals surface area contributed by atoms with Crippen LogP contribution in [-0.4, -0.2) is 68.8 Å². The molecule has 2 aromatic rings. The number of ether oxygens (including phenoxy) is 2. The minimum atomic E-state index is -3.35. The largest absolute Gasteiger partial charge is 0.462 e. The van der Waals surface area contributed by atoms with Gasteiger partial charge in [-0.1, -0.05) is 11.3 Å². The number of esters is 1. The minimum Gasteiger partial charge on any atom is -0.462 e. The predicted molar refractivity (Wildman–Crippen MR) is 117 cm³/mol. The Labute approximate surface area is 185 Å². The number of amides is 1. The molecule has 9 nitrogen and oxygen atoms in total. The number of aromatic nitrogens is 1. The maximum Gasteiger partial charge on any atom is 0.338 e. The maximum atomic E-state index is 12.9. The number of nitrogens with zero attached hydrogens (tertiary/aromatic N) is 3. The van der Waals surface area contributed by atoms with Gasteiger partial charge < -0.3 is 14.0 Å². The number of methoxy groups -OCH3 is 1. The van der Waals surface area contributed by atoms with Crippen LogP contribution in [0.4, 0.5) is 0 Å². The van der Waals surface area contributed by atoms with E-state index in [-0.39, 0.29) is 19.1 Å². The summed E-state index contributed by atoms with van der Waals surface area (Å²) in [5.41, 5.74) is 1.27. The Balaban J connectivity index is 1.97. The van der Waals surface area contributed by atoms with Gasteiger partial charge in [-0.15, -0.1) is 0 Å². The molecular weight excluding hydrogens is 442 g/mol. The minimum absolute atomic E-state index is 0.150. The number of thiazole rings is 1. The van der Waals surface area contributed by atoms with Gasteiger partial charge in [0.2, 0.25) is 10.0 Å². The number of sulfonamides is 1. The summed E-state index contributed by atoms with van der Waals surface area (Å²) in [4.78, 5) is 29.8. The van der Waals surface area contributed by atoms with Crippen molar-refractivity contribution < 1.29 is 27.5 Å². The summed E-state index contributed by atoms with van der Waals surface area (Å²) in [6.07, 6.45) is 2.38. The molecular formula is C20H27N3O6S2. The lowest BCUT2D eigenvalue weighted by Crippen LogP contribution is -2.41. The van der Waals surface area contributed by atoms with Crippen LogP contribution in [0.15, 0.2) is 23.2 Å². The van der Waals surface area contributed by atoms with Gasteiger partial charge in [-0.25, -0.2) is 17.5 Å². The lowest BCUT2D eigenvalue weighted by Gasteiger charge is -2.28. The van der Waals surface area contributed by atoms with Crippen molar-refractivity contribution in [2.24, 2.45) is 10.9 Å². The third kappa shape index (κ3) is 5.59. The molecule has 0 N–H and O–H groups in total. The maximum absolute atomic E-state index is 12.9. The molecule has 1 amide bonds. The van der Waals surface area contributed by atoms with Crippen LogP contribution in [-0.2, 0) is 30.8 Å². The molecule has 1 aromatic heterocycles. The Hall–Kier alpha value is -2.08. The highest BCUT2D eigenvalue weighted by molar-refractivity contribution is 7.88. The second kappa shape index (κ2) is 10.0. The van der Waals surface area contributed by atoms with E-state index in [4.69, 9.17) is 9.47 Å². The summed E-state index contributed by atoms with van der Waals surface area (Å²) >= 11 is 1.30. The summed E-state index contributed by atoms with van der Waals surface area (Å²) in [6.45, 7) is 3.53. The van der Waals surface area contributed by atoms with E-state index in [2.05, 4.69) is 4.99 Å². The quantitative estimate of drug-likeness (QED) is 0.571. The summed E-state index contributed by atoms with van der Waals surface area (Å²) in [7, 11) is -1.75. The molecule has 1 atom stereocenters. The second-order valence-corrected chi connectivity index (χ2v) is 10.3. The number of hydrogen-bond donors (Lipinski definition) is 0. The molecule has 0 saturated carbocycles. The molecule has 1 aromatic carbocycles. The first-order valence-electron chi connectivity index (χ1n) is 10.1. The average Bonchev–Trinajstić information content (AvgIpc) is 3.07. The Morgan fingerprint density at radius 2 is 2.10 bits per heavy atom. The van der Waals surface area contributed by atoms with Crippen LogP contribution in [0, 0.1) is 5.92 Å². The van der Waals surface area contributed by atoms with E-state index in [1.165, 1.54) is 15.6 Å². The molecule has 0 bridgehead atoms. The fourth-order valence-electron chi connectivity index (χ4n) is 3.53. The number of carbonyl (C=O) groups excluding carboxylic acids is 2. The van der Waals surface area contributed by atoms with Crippen molar-refractivity contribution in [3.63, 3.8) is 0 Å². The third-order valence-corrected chi connectivity index (χ3v) is 7.43. The molecule has 2 heterocycles. The smallest absolute Gasteiger partial charge is 0.338 e. The van der Waals surface area contributed by atoms with Crippen molar-refractivity contribution in [1.82, 2.24) is 8.87 Å². The lowest BCUT2D eigenvalue weighted by molar-refractivity contribution is -0.122. The Morgan fingerprint density at radius 3 is 2.77 bits per heavy atom. The van der Waals surface area contributed by atoms with Gasteiger partial charge in [-0.2, -0.15) is 4.99 Å². The van der Waals surface area contributed by atoms with Crippen molar-refractivity contribution in [3.8, 4) is 0 Å². The molecule has 170 valence electrons. The van der Waals surface area contributed by atoms with Gasteiger partial charge in [-0.05, 0) is 38.0 Å². The number of rotatable bonds is 7. The topological polar surface area (TPSA) is 107 Å². The zero-order valence-electron chi connectivity index (χ0n) is 17.9. The number of piperidine rings is 1. The van der Waals surface area contributed by atoms with Gasteiger partial charge in [0, 0.05) is 26.7 Å². The summed E-state index contributed by atoms with van der Waals surface area (Å²) in [6, 6.07) is 5.23. The molecule has 0 aliphatic carbocycles. The number of hydrogen-bond acceptors (Lipinski definition) is 7. The van der Waals surface area contributed by atoms with Crippen molar-refractivity contribution >= 4 is 43.5 Å². The first-order chi connectivity index (χ1) is 14.7. The van der Waals surface area contributed by atoms with E-state index >= 15 is 0 Å². The Bertz CT molecular complexity index is 1140. The van der Waals surface area contributed by atoms with Gasteiger partial charge in [-0.3, -0.25) is 4.79 Å². The van der Waals surface area contributed by atoms with Crippen LogP contribution in [0.3, 0.4) is 0 Å². The number of benzene rings is 1. The zero-order chi connectivity index (χ0) is 22.6. The van der Waals surface area contributed by atoms with Crippen LogP contribution >= 0.6 is 11.3 Å². The van der Waals surface area contributed by atoms with Crippen LogP contribution in [0.2, 0.25) is 0 Å². The Kier molecular flexibility index (Phi) is 7.63. The first-order valence-corrected chi connectivity index (χ1v) is 12.7. The number of fused-ring (bicyclic) bond motifs is 1. The van der Waals surface area contributed by atoms with Crippen molar-refractivity contribution in [1.29, 1.82) is 0 Å². The summed E-state index contributed by atoms with van der Waals surface area (Å²) in [5, 5.41) is 0. The zero-order valence-corrected chi connectivity index (χ0v) is 19.5. The van der Waals surface area contributed by atoms with E-state index in [0.717, 1.165) is 16.5 Å². The molecule has 1 aliphatic heterocycles. The van der Waals surface area contributed by atoms with E-state index in [1.807, 2.05) is 10.6 Å². The van der Waals surface area contributed by atoms with Gasteiger partial charge >= 0.3 is 5.97 Å². The van der Waals surface area contributed by atoms with Crippen LogP contribution < -0.4 is 4.80 Å². The predicted octanol–water partition coefficient (Wildman–Crippen LogP) is 1.62. The molecule has 0 spiro atoms. The van der Waals surface area contributed by atoms with Crippen molar-refractivity contribution in [2.45, 2.75) is 26.3 Å². The fraction of sp³-hybridized carbons (Fsp3) is 0.550. The molecule has 0 radical (unpaired) electrons. The lowest BCUT2D eigenvalue weighted by atomic mass is 9.99. The van der Waals surface area contributed by atoms with Crippen LogP contribution in [0.25, 0.3) is 10.2 Å². The van der Waals surface area contributed by atoms with Crippen LogP contribution in [0.1, 0.15) is 30.1 Å². The highest BCUT2D eigenvalue weighted by atomic mass is 32.2. The Morgan fingerprint density at radius 1 is 1.32 bits per heavy atom. The van der Waals surface area contributed by atoms with Gasteiger partial charge in [0.25, 0.3) is 5.91 Å². The highest BCUT2D eigenvalue weighted by Crippen LogP contribution is 2.22. The summed E-state index contributed by atoms with van der Waals surface area (Å²) in [5.74, 6) is -1.21. The molecule has 1 aliphatic rings. The first kappa shape index (κ1) is 23.6. The van der Waals surface area contributed by atoms with E-state index in [0.29, 0.717) is 42.9 Å². The molecule has 3 rings (SSSR count). The van der Waals surface area contributed by atoms with Crippen LogP contribution in [0.5, 0.6) is 0 Å². The average molecular weight is 470 g/mol. The van der Waals surface area contributed by atoms with E-state index in [9.17, 15) is 18.0 Å².